The minimum atomic E-state index is -1.18. The van der Waals surface area contributed by atoms with Gasteiger partial charge in [-0.15, -0.1) is 11.8 Å². The number of carboxylic acid groups (broad SMARTS) is 1. The molecule has 2 saturated carbocycles. The van der Waals surface area contributed by atoms with Crippen LogP contribution >= 0.6 is 23.1 Å². The van der Waals surface area contributed by atoms with Gasteiger partial charge in [-0.25, -0.2) is 4.79 Å². The molecule has 4 aliphatic rings. The first kappa shape index (κ1) is 23.6. The molecular weight excluding hydrogens is 504 g/mol. The first-order valence-electron chi connectivity index (χ1n) is 12.0. The molecule has 3 N–H and O–H groups in total. The zero-order chi connectivity index (χ0) is 25.6. The highest BCUT2D eigenvalue weighted by atomic mass is 32.2. The van der Waals surface area contributed by atoms with Crippen molar-refractivity contribution >= 4 is 40.9 Å². The number of phenolic OH excluding ortho intramolecular Hbond substituents is 1. The van der Waals surface area contributed by atoms with Crippen molar-refractivity contribution in [1.82, 2.24) is 9.88 Å². The topological polar surface area (TPSA) is 137 Å². The Morgan fingerprint density at radius 3 is 2.50 bits per heavy atom. The van der Waals surface area contributed by atoms with Crippen molar-refractivity contribution in [2.75, 3.05) is 7.11 Å². The number of hydrogen-bond acceptors (Lipinski definition) is 8. The second kappa shape index (κ2) is 8.11. The summed E-state index contributed by atoms with van der Waals surface area (Å²) < 4.78 is 5.35. The van der Waals surface area contributed by atoms with Crippen LogP contribution in [0.2, 0.25) is 0 Å². The number of amides is 2. The quantitative estimate of drug-likeness (QED) is 0.502. The van der Waals surface area contributed by atoms with Crippen LogP contribution in [-0.4, -0.2) is 56.3 Å². The van der Waals surface area contributed by atoms with Gasteiger partial charge in [0, 0.05) is 16.0 Å². The van der Waals surface area contributed by atoms with Crippen LogP contribution in [0.4, 0.5) is 0 Å². The van der Waals surface area contributed by atoms with Crippen LogP contribution in [-0.2, 0) is 14.4 Å². The van der Waals surface area contributed by atoms with Crippen molar-refractivity contribution in [2.45, 2.75) is 42.5 Å². The molecule has 2 aromatic rings. The van der Waals surface area contributed by atoms with Gasteiger partial charge in [-0.05, 0) is 47.8 Å². The Labute approximate surface area is 214 Å². The number of aromatic amines is 1. The average molecular weight is 531 g/mol. The fourth-order valence-corrected chi connectivity index (χ4v) is 10.2. The number of nitrogens with zero attached hydrogens (tertiary/aromatic N) is 1. The average Bonchev–Trinajstić information content (AvgIpc) is 3.54. The van der Waals surface area contributed by atoms with Gasteiger partial charge in [0.2, 0.25) is 11.8 Å². The van der Waals surface area contributed by atoms with Crippen LogP contribution in [0, 0.1) is 35.5 Å². The number of benzene rings is 1. The van der Waals surface area contributed by atoms with E-state index in [0.717, 1.165) is 31.7 Å². The lowest BCUT2D eigenvalue weighted by Gasteiger charge is -2.43. The van der Waals surface area contributed by atoms with Crippen LogP contribution < -0.4 is 9.61 Å². The summed E-state index contributed by atoms with van der Waals surface area (Å²) in [7, 11) is 1.48. The van der Waals surface area contributed by atoms with Crippen LogP contribution in [0.5, 0.6) is 11.5 Å². The van der Waals surface area contributed by atoms with Crippen LogP contribution in [0.25, 0.3) is 0 Å². The SMILES string of the molecule is COc1cc([C@@H]2c3sc(=O)[nH]c3S[C@@H]3[C@H]4C[C@@H]([C@@H]5C(=O)N([C@H](C(=O)O)C(C)C)C(=O)[C@H]45)[C@H]23)ccc1O. The third kappa shape index (κ3) is 3.08. The number of thiazole rings is 1. The fourth-order valence-electron chi connectivity index (χ4n) is 7.27. The number of methoxy groups -OCH3 is 1. The molecular formula is C25H26N2O7S2. The number of phenols is 1. The minimum absolute atomic E-state index is 0.00201. The van der Waals surface area contributed by atoms with Gasteiger partial charge >= 0.3 is 10.8 Å². The summed E-state index contributed by atoms with van der Waals surface area (Å²) in [4.78, 5) is 56.4. The Morgan fingerprint density at radius 2 is 1.86 bits per heavy atom. The third-order valence-electron chi connectivity index (χ3n) is 8.48. The number of carbonyl (C=O) groups is 3. The molecule has 0 unspecified atom stereocenters. The maximum absolute atomic E-state index is 13.7. The number of H-pyrrole nitrogens is 1. The number of likely N-dealkylation sites (tertiary alicyclic amines) is 1. The lowest BCUT2D eigenvalue weighted by Crippen LogP contribution is -2.49. The van der Waals surface area contributed by atoms with Crippen LogP contribution in [0.1, 0.15) is 36.6 Å². The number of rotatable bonds is 5. The van der Waals surface area contributed by atoms with Crippen molar-refractivity contribution in [3.63, 3.8) is 0 Å². The van der Waals surface area contributed by atoms with E-state index < -0.39 is 29.8 Å². The molecule has 1 aromatic carbocycles. The van der Waals surface area contributed by atoms with Gasteiger partial charge in [-0.2, -0.15) is 0 Å². The number of carboxylic acids is 1. The normalized spacial score (nSPS) is 33.0. The summed E-state index contributed by atoms with van der Waals surface area (Å²) in [5.41, 5.74) is 0.875. The molecule has 1 aromatic heterocycles. The summed E-state index contributed by atoms with van der Waals surface area (Å²) >= 11 is 2.73. The summed E-state index contributed by atoms with van der Waals surface area (Å²) in [6, 6.07) is 3.99. The Bertz CT molecular complexity index is 1350. The Kier molecular flexibility index (Phi) is 5.31. The number of aliphatic carboxylic acids is 1. The van der Waals surface area contributed by atoms with E-state index in [1.807, 2.05) is 6.07 Å². The molecule has 11 heteroatoms. The molecule has 3 fully saturated rings. The molecule has 9 nitrogen and oxygen atoms in total. The highest BCUT2D eigenvalue weighted by Gasteiger charge is 2.70. The largest absolute Gasteiger partial charge is 0.504 e. The molecule has 0 radical (unpaired) electrons. The van der Waals surface area contributed by atoms with Gasteiger partial charge in [0.25, 0.3) is 0 Å². The number of nitrogens with one attached hydrogen (secondary N) is 1. The summed E-state index contributed by atoms with van der Waals surface area (Å²) in [6.07, 6.45) is 0.716. The van der Waals surface area contributed by atoms with Crippen molar-refractivity contribution in [1.29, 1.82) is 0 Å². The van der Waals surface area contributed by atoms with E-state index in [0.29, 0.717) is 12.2 Å². The highest BCUT2D eigenvalue weighted by molar-refractivity contribution is 8.00. The van der Waals surface area contributed by atoms with Crippen molar-refractivity contribution in [2.24, 2.45) is 35.5 Å². The molecule has 1 saturated heterocycles. The molecule has 2 amide bonds. The fraction of sp³-hybridized carbons (Fsp3) is 0.520. The third-order valence-corrected chi connectivity index (χ3v) is 11.1. The molecule has 2 aliphatic heterocycles. The lowest BCUT2D eigenvalue weighted by molar-refractivity contribution is -0.157. The van der Waals surface area contributed by atoms with E-state index in [1.165, 1.54) is 7.11 Å². The number of ether oxygens (including phenoxy) is 1. The number of aromatic nitrogens is 1. The highest BCUT2D eigenvalue weighted by Crippen LogP contribution is 2.68. The number of imide groups is 1. The minimum Gasteiger partial charge on any atom is -0.504 e. The summed E-state index contributed by atoms with van der Waals surface area (Å²) in [5, 5.41) is 20.8. The Hall–Kier alpha value is -2.79. The van der Waals surface area contributed by atoms with Gasteiger partial charge in [-0.3, -0.25) is 19.3 Å². The molecule has 36 heavy (non-hydrogen) atoms. The summed E-state index contributed by atoms with van der Waals surface area (Å²) in [5.74, 6) is -3.49. The van der Waals surface area contributed by atoms with Crippen molar-refractivity contribution in [3.05, 3.63) is 38.3 Å². The van der Waals surface area contributed by atoms with E-state index in [9.17, 15) is 29.4 Å². The molecule has 8 atom stereocenters. The van der Waals surface area contributed by atoms with Gasteiger partial charge < -0.3 is 19.9 Å². The standard InChI is InChI=1S/C25H26N2O7S2/c1-8(2)18(24(31)32)27-22(29)16-10-7-11(17(16)23(27)30)19-15(10)14(20-21(35-19)26-25(33)36-20)9-4-5-12(28)13(6-9)34-3/h4-6,8,10-11,14-19,28H,7H2,1-3H3,(H,26,33)(H,31,32)/t10-,11+,14+,15-,16+,17-,18+,19-/m1/s1. The monoisotopic (exact) mass is 530 g/mol. The number of hydrogen-bond donors (Lipinski definition) is 3. The predicted molar refractivity (Wildman–Crippen MR) is 131 cm³/mol. The van der Waals surface area contributed by atoms with Crippen molar-refractivity contribution in [3.8, 4) is 11.5 Å². The molecule has 2 bridgehead atoms. The smallest absolute Gasteiger partial charge is 0.327 e. The number of carbonyl (C=O) groups excluding carboxylic acids is 2. The molecule has 6 rings (SSSR count). The van der Waals surface area contributed by atoms with Gasteiger partial charge in [0.1, 0.15) is 6.04 Å². The van der Waals surface area contributed by atoms with E-state index in [4.69, 9.17) is 4.74 Å². The molecule has 3 heterocycles. The number of fused-ring (bicyclic) bond motifs is 9. The molecule has 2 aliphatic carbocycles. The number of aromatic hydroxyl groups is 1. The second-order valence-corrected chi connectivity index (χ2v) is 12.7. The zero-order valence-electron chi connectivity index (χ0n) is 19.8. The summed E-state index contributed by atoms with van der Waals surface area (Å²) in [6.45, 7) is 3.42. The first-order chi connectivity index (χ1) is 17.1. The van der Waals surface area contributed by atoms with Crippen molar-refractivity contribution < 1.29 is 29.3 Å². The Morgan fingerprint density at radius 1 is 1.17 bits per heavy atom. The van der Waals surface area contributed by atoms with Crippen LogP contribution in [0.15, 0.2) is 28.0 Å². The van der Waals surface area contributed by atoms with E-state index >= 15 is 0 Å². The van der Waals surface area contributed by atoms with Gasteiger partial charge in [-0.1, -0.05) is 31.3 Å². The maximum atomic E-state index is 13.7. The molecule has 190 valence electrons. The predicted octanol–water partition coefficient (Wildman–Crippen LogP) is 2.73. The van der Waals surface area contributed by atoms with E-state index in [1.54, 1.807) is 37.7 Å². The first-order valence-corrected chi connectivity index (χ1v) is 13.7. The zero-order valence-corrected chi connectivity index (χ0v) is 21.5. The van der Waals surface area contributed by atoms with Crippen LogP contribution in [0.3, 0.4) is 0 Å². The second-order valence-electron chi connectivity index (χ2n) is 10.5. The van der Waals surface area contributed by atoms with Gasteiger partial charge in [0.05, 0.1) is 24.0 Å². The molecule has 0 spiro atoms. The Balaban J connectivity index is 1.45. The lowest BCUT2D eigenvalue weighted by atomic mass is 9.68. The van der Waals surface area contributed by atoms with E-state index in [-0.39, 0.29) is 51.4 Å². The van der Waals surface area contributed by atoms with Gasteiger partial charge in [0.15, 0.2) is 11.5 Å². The number of thioether (sulfide) groups is 1. The van der Waals surface area contributed by atoms with E-state index in [2.05, 4.69) is 4.98 Å². The maximum Gasteiger partial charge on any atom is 0.327 e.